The molecule has 2 aliphatic rings. The molecule has 0 aromatic carbocycles. The van der Waals surface area contributed by atoms with Crippen LogP contribution in [0.3, 0.4) is 0 Å². The number of ether oxygens (including phenoxy) is 1. The molecule has 1 aliphatic heterocycles. The molecule has 0 amide bonds. The van der Waals surface area contributed by atoms with Gasteiger partial charge in [0.2, 0.25) is 0 Å². The van der Waals surface area contributed by atoms with E-state index in [0.29, 0.717) is 0 Å². The molecule has 2 fully saturated rings. The summed E-state index contributed by atoms with van der Waals surface area (Å²) in [5.41, 5.74) is 1.23. The molecule has 0 spiro atoms. The second-order valence-corrected chi connectivity index (χ2v) is 5.76. The number of nitrogens with zero attached hydrogens (tertiary/aromatic N) is 3. The number of aromatic nitrogens is 2. The van der Waals surface area contributed by atoms with Gasteiger partial charge >= 0.3 is 0 Å². The molecule has 5 nitrogen and oxygen atoms in total. The van der Waals surface area contributed by atoms with Gasteiger partial charge in [0.15, 0.2) is 0 Å². The summed E-state index contributed by atoms with van der Waals surface area (Å²) in [7, 11) is 2.04. The molecular weight excluding hydrogens is 252 g/mol. The average Bonchev–Trinajstić information content (AvgIpc) is 3.01. The van der Waals surface area contributed by atoms with Crippen LogP contribution in [0.15, 0.2) is 18.6 Å². The number of likely N-dealkylation sites (N-methyl/N-ethyl adjacent to an activating group) is 1. The lowest BCUT2D eigenvalue weighted by Crippen LogP contribution is -2.58. The summed E-state index contributed by atoms with van der Waals surface area (Å²) < 4.78 is 5.53. The minimum atomic E-state index is 0.175. The van der Waals surface area contributed by atoms with Crippen molar-refractivity contribution in [3.05, 3.63) is 24.3 Å². The molecule has 1 atom stereocenters. The van der Waals surface area contributed by atoms with Gasteiger partial charge in [0.25, 0.3) is 0 Å². The third kappa shape index (κ3) is 2.45. The van der Waals surface area contributed by atoms with E-state index in [1.54, 1.807) is 12.4 Å². The van der Waals surface area contributed by atoms with Crippen molar-refractivity contribution in [3.8, 4) is 0 Å². The van der Waals surface area contributed by atoms with Gasteiger partial charge in [0.05, 0.1) is 31.1 Å². The SMILES string of the molecule is CNC(c1cnccn1)C1(N2CCOCC2)CCCC1. The van der Waals surface area contributed by atoms with E-state index >= 15 is 0 Å². The smallest absolute Gasteiger partial charge is 0.0774 e. The molecule has 1 aromatic heterocycles. The molecule has 3 rings (SSSR count). The Morgan fingerprint density at radius 1 is 1.25 bits per heavy atom. The third-order valence-electron chi connectivity index (χ3n) is 4.82. The molecule has 20 heavy (non-hydrogen) atoms. The van der Waals surface area contributed by atoms with E-state index in [4.69, 9.17) is 4.74 Å². The Balaban J connectivity index is 1.91. The molecule has 0 radical (unpaired) electrons. The van der Waals surface area contributed by atoms with Crippen LogP contribution in [0.1, 0.15) is 37.4 Å². The van der Waals surface area contributed by atoms with Crippen molar-refractivity contribution in [2.24, 2.45) is 0 Å². The first-order chi connectivity index (χ1) is 9.87. The lowest BCUT2D eigenvalue weighted by molar-refractivity contribution is -0.0360. The first-order valence-corrected chi connectivity index (χ1v) is 7.63. The number of nitrogens with one attached hydrogen (secondary N) is 1. The van der Waals surface area contributed by atoms with Crippen molar-refractivity contribution < 1.29 is 4.74 Å². The predicted octanol–water partition coefficient (Wildman–Crippen LogP) is 1.38. The third-order valence-corrected chi connectivity index (χ3v) is 4.82. The van der Waals surface area contributed by atoms with Crippen LogP contribution < -0.4 is 5.32 Å². The zero-order valence-electron chi connectivity index (χ0n) is 12.2. The van der Waals surface area contributed by atoms with Crippen LogP contribution in [0.25, 0.3) is 0 Å². The highest BCUT2D eigenvalue weighted by Crippen LogP contribution is 2.44. The fourth-order valence-corrected chi connectivity index (χ4v) is 3.93. The largest absolute Gasteiger partial charge is 0.379 e. The van der Waals surface area contributed by atoms with Crippen LogP contribution >= 0.6 is 0 Å². The molecule has 1 aliphatic carbocycles. The number of hydrogen-bond donors (Lipinski definition) is 1. The Morgan fingerprint density at radius 2 is 2.00 bits per heavy atom. The van der Waals surface area contributed by atoms with Crippen molar-refractivity contribution in [2.45, 2.75) is 37.3 Å². The van der Waals surface area contributed by atoms with Crippen molar-refractivity contribution in [2.75, 3.05) is 33.4 Å². The summed E-state index contributed by atoms with van der Waals surface area (Å²) in [5, 5.41) is 3.51. The number of hydrogen-bond acceptors (Lipinski definition) is 5. The second-order valence-electron chi connectivity index (χ2n) is 5.76. The van der Waals surface area contributed by atoms with Gasteiger partial charge in [-0.3, -0.25) is 14.9 Å². The molecule has 2 heterocycles. The standard InChI is InChI=1S/C15H24N4O/c1-16-14(13-12-17-6-7-18-13)15(4-2-3-5-15)19-8-10-20-11-9-19/h6-7,12,14,16H,2-5,8-11H2,1H3. The van der Waals surface area contributed by atoms with Crippen LogP contribution in [0.5, 0.6) is 0 Å². The summed E-state index contributed by atoms with van der Waals surface area (Å²) in [6, 6.07) is 0.247. The van der Waals surface area contributed by atoms with Gasteiger partial charge in [-0.2, -0.15) is 0 Å². The molecule has 1 saturated heterocycles. The Kier molecular flexibility index (Phi) is 4.29. The van der Waals surface area contributed by atoms with Crippen molar-refractivity contribution in [3.63, 3.8) is 0 Å². The van der Waals surface area contributed by atoms with Crippen LogP contribution in [-0.2, 0) is 4.74 Å². The fraction of sp³-hybridized carbons (Fsp3) is 0.733. The van der Waals surface area contributed by atoms with Gasteiger partial charge in [-0.25, -0.2) is 0 Å². The van der Waals surface area contributed by atoms with Crippen molar-refractivity contribution >= 4 is 0 Å². The summed E-state index contributed by atoms with van der Waals surface area (Å²) >= 11 is 0. The van der Waals surface area contributed by atoms with Crippen molar-refractivity contribution in [1.82, 2.24) is 20.2 Å². The van der Waals surface area contributed by atoms with Crippen molar-refractivity contribution in [1.29, 1.82) is 0 Å². The monoisotopic (exact) mass is 276 g/mol. The van der Waals surface area contributed by atoms with Gasteiger partial charge in [-0.05, 0) is 19.9 Å². The fourth-order valence-electron chi connectivity index (χ4n) is 3.93. The number of morpholine rings is 1. The van der Waals surface area contributed by atoms with E-state index in [-0.39, 0.29) is 11.6 Å². The minimum absolute atomic E-state index is 0.175. The predicted molar refractivity (Wildman–Crippen MR) is 77.4 cm³/mol. The molecular formula is C15H24N4O. The molecule has 1 saturated carbocycles. The first kappa shape index (κ1) is 13.9. The zero-order chi connectivity index (χ0) is 13.8. The van der Waals surface area contributed by atoms with Crippen LogP contribution in [0, 0.1) is 0 Å². The quantitative estimate of drug-likeness (QED) is 0.900. The summed E-state index contributed by atoms with van der Waals surface area (Å²) in [5.74, 6) is 0. The Bertz CT molecular complexity index is 413. The van der Waals surface area contributed by atoms with E-state index < -0.39 is 0 Å². The van der Waals surface area contributed by atoms with E-state index in [2.05, 4.69) is 20.2 Å². The zero-order valence-corrected chi connectivity index (χ0v) is 12.2. The van der Waals surface area contributed by atoms with E-state index in [0.717, 1.165) is 32.0 Å². The molecule has 1 unspecified atom stereocenters. The van der Waals surface area contributed by atoms with Gasteiger partial charge < -0.3 is 10.1 Å². The normalized spacial score (nSPS) is 24.6. The highest BCUT2D eigenvalue weighted by atomic mass is 16.5. The second kappa shape index (κ2) is 6.16. The first-order valence-electron chi connectivity index (χ1n) is 7.63. The topological polar surface area (TPSA) is 50.3 Å². The van der Waals surface area contributed by atoms with Gasteiger partial charge in [0, 0.05) is 31.0 Å². The van der Waals surface area contributed by atoms with Gasteiger partial charge in [0.1, 0.15) is 0 Å². The number of rotatable bonds is 4. The van der Waals surface area contributed by atoms with Crippen LogP contribution in [0.2, 0.25) is 0 Å². The average molecular weight is 276 g/mol. The highest BCUT2D eigenvalue weighted by molar-refractivity contribution is 5.15. The highest BCUT2D eigenvalue weighted by Gasteiger charge is 2.46. The molecule has 1 N–H and O–H groups in total. The Hall–Kier alpha value is -1.04. The van der Waals surface area contributed by atoms with Gasteiger partial charge in [-0.15, -0.1) is 0 Å². The van der Waals surface area contributed by atoms with Crippen LogP contribution in [0.4, 0.5) is 0 Å². The summed E-state index contributed by atoms with van der Waals surface area (Å²) in [4.78, 5) is 11.4. The maximum absolute atomic E-state index is 5.53. The molecule has 110 valence electrons. The Labute approximate surface area is 120 Å². The summed E-state index contributed by atoms with van der Waals surface area (Å²) in [6.45, 7) is 3.74. The Morgan fingerprint density at radius 3 is 2.60 bits per heavy atom. The lowest BCUT2D eigenvalue weighted by atomic mass is 9.83. The maximum Gasteiger partial charge on any atom is 0.0774 e. The minimum Gasteiger partial charge on any atom is -0.379 e. The summed E-state index contributed by atoms with van der Waals surface area (Å²) in [6.07, 6.45) is 10.5. The van der Waals surface area contributed by atoms with Gasteiger partial charge in [-0.1, -0.05) is 12.8 Å². The molecule has 5 heteroatoms. The van der Waals surface area contributed by atoms with E-state index in [1.165, 1.54) is 25.7 Å². The molecule has 0 bridgehead atoms. The maximum atomic E-state index is 5.53. The lowest BCUT2D eigenvalue weighted by Gasteiger charge is -2.47. The molecule has 1 aromatic rings. The van der Waals surface area contributed by atoms with E-state index in [9.17, 15) is 0 Å². The van der Waals surface area contributed by atoms with Crippen LogP contribution in [-0.4, -0.2) is 53.8 Å². The van der Waals surface area contributed by atoms with E-state index in [1.807, 2.05) is 13.2 Å².